The second-order valence-corrected chi connectivity index (χ2v) is 8.65. The minimum atomic E-state index is -4.35. The SMILES string of the molecule is CCc1cc(-c2nc(C)c(Cc3cccc(S(=O)(=O)O)c3Cl)s2)ccn1. The third-order valence-corrected chi connectivity index (χ3v) is 6.65. The summed E-state index contributed by atoms with van der Waals surface area (Å²) in [6.07, 6.45) is 3.07. The minimum Gasteiger partial charge on any atom is -0.282 e. The number of aromatic nitrogens is 2. The van der Waals surface area contributed by atoms with E-state index in [0.717, 1.165) is 33.3 Å². The molecule has 0 bridgehead atoms. The number of halogens is 1. The number of nitrogens with zero attached hydrogens (tertiary/aromatic N) is 2. The first-order valence-electron chi connectivity index (χ1n) is 7.96. The van der Waals surface area contributed by atoms with Crippen molar-refractivity contribution in [2.75, 3.05) is 0 Å². The molecule has 0 fully saturated rings. The molecular weight excluding hydrogens is 392 g/mol. The molecule has 0 unspecified atom stereocenters. The zero-order chi connectivity index (χ0) is 18.9. The van der Waals surface area contributed by atoms with Gasteiger partial charge in [0.25, 0.3) is 10.1 Å². The molecule has 0 saturated carbocycles. The summed E-state index contributed by atoms with van der Waals surface area (Å²) in [4.78, 5) is 9.65. The first-order valence-corrected chi connectivity index (χ1v) is 10.6. The van der Waals surface area contributed by atoms with Gasteiger partial charge in [-0.05, 0) is 37.1 Å². The van der Waals surface area contributed by atoms with Crippen molar-refractivity contribution in [3.05, 3.63) is 63.4 Å². The number of benzene rings is 1. The van der Waals surface area contributed by atoms with Gasteiger partial charge in [-0.3, -0.25) is 9.54 Å². The molecule has 0 aliphatic rings. The maximum atomic E-state index is 11.4. The second-order valence-electron chi connectivity index (χ2n) is 5.80. The molecule has 1 N–H and O–H groups in total. The summed E-state index contributed by atoms with van der Waals surface area (Å²) in [7, 11) is -4.35. The monoisotopic (exact) mass is 408 g/mol. The molecule has 0 saturated heterocycles. The summed E-state index contributed by atoms with van der Waals surface area (Å²) in [6, 6.07) is 8.55. The van der Waals surface area contributed by atoms with E-state index >= 15 is 0 Å². The van der Waals surface area contributed by atoms with E-state index in [1.54, 1.807) is 18.3 Å². The van der Waals surface area contributed by atoms with Crippen LogP contribution >= 0.6 is 22.9 Å². The summed E-state index contributed by atoms with van der Waals surface area (Å²) in [5, 5.41) is 0.929. The third kappa shape index (κ3) is 3.96. The fourth-order valence-corrected chi connectivity index (χ4v) is 4.76. The molecule has 0 atom stereocenters. The van der Waals surface area contributed by atoms with E-state index in [0.29, 0.717) is 12.0 Å². The fourth-order valence-electron chi connectivity index (χ4n) is 2.59. The van der Waals surface area contributed by atoms with Crippen molar-refractivity contribution in [3.63, 3.8) is 0 Å². The molecule has 5 nitrogen and oxygen atoms in total. The van der Waals surface area contributed by atoms with Gasteiger partial charge < -0.3 is 0 Å². The fraction of sp³-hybridized carbons (Fsp3) is 0.222. The van der Waals surface area contributed by atoms with E-state index in [4.69, 9.17) is 11.6 Å². The standard InChI is InChI=1S/C18H17ClN2O3S2/c1-3-14-9-13(7-8-20-14)18-21-11(2)15(25-18)10-12-5-4-6-16(17(12)19)26(22,23)24/h4-9H,3,10H2,1-2H3,(H,22,23,24). The van der Waals surface area contributed by atoms with Crippen molar-refractivity contribution in [1.29, 1.82) is 0 Å². The topological polar surface area (TPSA) is 80.2 Å². The van der Waals surface area contributed by atoms with Gasteiger partial charge >= 0.3 is 0 Å². The van der Waals surface area contributed by atoms with Crippen LogP contribution in [-0.2, 0) is 23.0 Å². The Kier molecular flexibility index (Phi) is 5.43. The van der Waals surface area contributed by atoms with Crippen LogP contribution in [0.3, 0.4) is 0 Å². The molecule has 2 heterocycles. The molecule has 136 valence electrons. The largest absolute Gasteiger partial charge is 0.296 e. The summed E-state index contributed by atoms with van der Waals surface area (Å²) in [5.74, 6) is 0. The van der Waals surface area contributed by atoms with Gasteiger partial charge in [-0.1, -0.05) is 30.7 Å². The highest BCUT2D eigenvalue weighted by atomic mass is 35.5. The number of hydrogen-bond acceptors (Lipinski definition) is 5. The molecule has 3 aromatic rings. The van der Waals surface area contributed by atoms with Crippen LogP contribution < -0.4 is 0 Å². The number of rotatable bonds is 5. The minimum absolute atomic E-state index is 0.0431. The normalized spacial score (nSPS) is 11.7. The van der Waals surface area contributed by atoms with Crippen LogP contribution in [0.5, 0.6) is 0 Å². The van der Waals surface area contributed by atoms with Crippen molar-refractivity contribution in [1.82, 2.24) is 9.97 Å². The molecule has 3 rings (SSSR count). The van der Waals surface area contributed by atoms with Gasteiger partial charge in [0.2, 0.25) is 0 Å². The van der Waals surface area contributed by atoms with Gasteiger partial charge in [-0.25, -0.2) is 4.98 Å². The summed E-state index contributed by atoms with van der Waals surface area (Å²) in [5.41, 5.74) is 3.51. The lowest BCUT2D eigenvalue weighted by Crippen LogP contribution is -2.01. The predicted octanol–water partition coefficient (Wildman–Crippen LogP) is 4.57. The Labute approximate surface area is 161 Å². The first-order chi connectivity index (χ1) is 12.3. The Balaban J connectivity index is 1.96. The van der Waals surface area contributed by atoms with E-state index in [1.807, 2.05) is 19.1 Å². The van der Waals surface area contributed by atoms with E-state index < -0.39 is 10.1 Å². The molecule has 8 heteroatoms. The Hall–Kier alpha value is -1.80. The van der Waals surface area contributed by atoms with Crippen molar-refractivity contribution in [2.24, 2.45) is 0 Å². The van der Waals surface area contributed by atoms with Crippen LogP contribution in [0.4, 0.5) is 0 Å². The van der Waals surface area contributed by atoms with Crippen LogP contribution in [0.25, 0.3) is 10.6 Å². The zero-order valence-electron chi connectivity index (χ0n) is 14.2. The second kappa shape index (κ2) is 7.44. The summed E-state index contributed by atoms with van der Waals surface area (Å²) in [6.45, 7) is 3.96. The van der Waals surface area contributed by atoms with Gasteiger partial charge in [0, 0.05) is 28.8 Å². The highest BCUT2D eigenvalue weighted by molar-refractivity contribution is 7.86. The van der Waals surface area contributed by atoms with Crippen LogP contribution in [-0.4, -0.2) is 22.9 Å². The quantitative estimate of drug-likeness (QED) is 0.625. The molecule has 2 aromatic heterocycles. The van der Waals surface area contributed by atoms with Gasteiger partial charge in [-0.15, -0.1) is 11.3 Å². The molecule has 0 aliphatic carbocycles. The lowest BCUT2D eigenvalue weighted by Gasteiger charge is -2.07. The van der Waals surface area contributed by atoms with Crippen LogP contribution in [0, 0.1) is 6.92 Å². The molecule has 26 heavy (non-hydrogen) atoms. The predicted molar refractivity (Wildman–Crippen MR) is 104 cm³/mol. The van der Waals surface area contributed by atoms with Crippen LogP contribution in [0.2, 0.25) is 5.02 Å². The van der Waals surface area contributed by atoms with Crippen molar-refractivity contribution in [3.8, 4) is 10.6 Å². The van der Waals surface area contributed by atoms with E-state index in [1.165, 1.54) is 17.4 Å². The Morgan fingerprint density at radius 1 is 1.27 bits per heavy atom. The van der Waals surface area contributed by atoms with Gasteiger partial charge in [0.15, 0.2) is 0 Å². The van der Waals surface area contributed by atoms with Crippen molar-refractivity contribution in [2.45, 2.75) is 31.6 Å². The molecule has 0 spiro atoms. The van der Waals surface area contributed by atoms with E-state index in [2.05, 4.69) is 16.9 Å². The lowest BCUT2D eigenvalue weighted by atomic mass is 10.1. The lowest BCUT2D eigenvalue weighted by molar-refractivity contribution is 0.483. The summed E-state index contributed by atoms with van der Waals surface area (Å²) < 4.78 is 32.1. The average molecular weight is 409 g/mol. The number of thiazole rings is 1. The first kappa shape index (κ1) is 19.0. The molecule has 1 aromatic carbocycles. The Bertz CT molecular complexity index is 1060. The van der Waals surface area contributed by atoms with E-state index in [9.17, 15) is 13.0 Å². The molecule has 0 radical (unpaired) electrons. The number of aryl methyl sites for hydroxylation is 2. The average Bonchev–Trinajstić information content (AvgIpc) is 2.96. The molecule has 0 aliphatic heterocycles. The highest BCUT2D eigenvalue weighted by Gasteiger charge is 2.18. The van der Waals surface area contributed by atoms with Gasteiger partial charge in [0.05, 0.1) is 10.7 Å². The Morgan fingerprint density at radius 2 is 2.04 bits per heavy atom. The zero-order valence-corrected chi connectivity index (χ0v) is 16.6. The molecule has 0 amide bonds. The number of hydrogen-bond donors (Lipinski definition) is 1. The van der Waals surface area contributed by atoms with Gasteiger partial charge in [-0.2, -0.15) is 8.42 Å². The van der Waals surface area contributed by atoms with Crippen molar-refractivity contribution >= 4 is 33.1 Å². The molecular formula is C18H17ClN2O3S2. The smallest absolute Gasteiger partial charge is 0.282 e. The Morgan fingerprint density at radius 3 is 2.73 bits per heavy atom. The maximum Gasteiger partial charge on any atom is 0.296 e. The van der Waals surface area contributed by atoms with Gasteiger partial charge in [0.1, 0.15) is 9.90 Å². The number of pyridine rings is 1. The van der Waals surface area contributed by atoms with Crippen molar-refractivity contribution < 1.29 is 13.0 Å². The highest BCUT2D eigenvalue weighted by Crippen LogP contribution is 2.33. The summed E-state index contributed by atoms with van der Waals surface area (Å²) >= 11 is 7.74. The van der Waals surface area contributed by atoms with Crippen LogP contribution in [0.1, 0.15) is 28.8 Å². The third-order valence-electron chi connectivity index (χ3n) is 3.99. The van der Waals surface area contributed by atoms with E-state index in [-0.39, 0.29) is 9.92 Å². The van der Waals surface area contributed by atoms with Crippen LogP contribution in [0.15, 0.2) is 41.4 Å². The maximum absolute atomic E-state index is 11.4.